The molecule has 0 aromatic rings. The lowest BCUT2D eigenvalue weighted by Crippen LogP contribution is -0.334. The van der Waals surface area contributed by atoms with E-state index in [0.29, 0.717) is 0 Å². The van der Waals surface area contributed by atoms with Crippen LogP contribution >= 0.6 is 42.9 Å². The number of hydrogen-bond donors (Lipinski definition) is 2. The van der Waals surface area contributed by atoms with Crippen LogP contribution in [0.15, 0.2) is 0 Å². The fourth-order valence-corrected chi connectivity index (χ4v) is 0. The summed E-state index contributed by atoms with van der Waals surface area (Å²) in [4.78, 5) is 0. The van der Waals surface area contributed by atoms with Gasteiger partial charge in [0.05, 0.1) is 0 Å². The molecule has 0 aromatic heterocycles. The first-order valence-electron chi connectivity index (χ1n) is 0.500. The summed E-state index contributed by atoms with van der Waals surface area (Å²) in [6.45, 7) is 0. The van der Waals surface area contributed by atoms with Gasteiger partial charge in [-0.3, -0.25) is 10.3 Å². The molecule has 0 spiro atoms. The molecule has 6 heteroatoms. The van der Waals surface area contributed by atoms with Crippen molar-refractivity contribution in [3.8, 4) is 0 Å². The van der Waals surface area contributed by atoms with E-state index in [4.69, 9.17) is 10.3 Å². The van der Waals surface area contributed by atoms with E-state index in [1.54, 1.807) is 0 Å². The van der Waals surface area contributed by atoms with E-state index in [1.807, 2.05) is 0 Å². The van der Waals surface area contributed by atoms with Crippen molar-refractivity contribution in [3.05, 3.63) is 0 Å². The van der Waals surface area contributed by atoms with Gasteiger partial charge in [0, 0.05) is 0 Å². The summed E-state index contributed by atoms with van der Waals surface area (Å²) in [5.74, 6) is 0. The van der Waals surface area contributed by atoms with Crippen LogP contribution in [-0.2, 0) is 0 Å². The smallest absolute Gasteiger partial charge is 0.0185 e. The molecule has 0 heterocycles. The van der Waals surface area contributed by atoms with Crippen molar-refractivity contribution in [3.63, 3.8) is 0 Å². The third-order valence-electron chi connectivity index (χ3n) is 0. The summed E-state index contributed by atoms with van der Waals surface area (Å²) < 4.78 is 0. The van der Waals surface area contributed by atoms with Gasteiger partial charge in [0.2, 0.25) is 0 Å². The first-order chi connectivity index (χ1) is 2.00. The van der Waals surface area contributed by atoms with Crippen LogP contribution in [0.1, 0.15) is 0 Å². The Balaban J connectivity index is -0.00000000500. The highest BCUT2D eigenvalue weighted by Gasteiger charge is 0.569. The van der Waals surface area contributed by atoms with Crippen molar-refractivity contribution < 1.29 is 0 Å². The second kappa shape index (κ2) is 217. The molecule has 0 amide bonds. The van der Waals surface area contributed by atoms with Gasteiger partial charge in [-0.2, -0.15) is 0 Å². The standard InChI is InChI=1S/2ClH.2H2NP/c;;2*1-2/h2*1H;2*1-2H. The first-order valence-corrected chi connectivity index (χ1v) is 1.50. The molecule has 0 aliphatic heterocycles. The predicted octanol–water partition coefficient (Wildman–Crippen LogP) is 2.63. The normalized spacial score (nSPS) is 1.33. The molecular weight excluding hydrogens is 161 g/mol. The van der Waals surface area contributed by atoms with Crippen molar-refractivity contribution in [2.45, 2.75) is 0 Å². The molecule has 0 aromatic carbocycles. The predicted molar refractivity (Wildman–Crippen MR) is 36.6 cm³/mol. The van der Waals surface area contributed by atoms with Gasteiger partial charge in [-0.1, -0.05) is 0 Å². The summed E-state index contributed by atoms with van der Waals surface area (Å²) >= 11 is 0. The van der Waals surface area contributed by atoms with Crippen LogP contribution in [0.4, 0.5) is 0 Å². The fraction of sp³-hybridized carbons (Fsp3) is 0. The van der Waals surface area contributed by atoms with Crippen LogP contribution in [0.2, 0.25) is 0 Å². The monoisotopic (exact) mass is 166 g/mol. The Morgan fingerprint density at radius 3 is 0.667 bits per heavy atom. The maximum atomic E-state index is 5.56. The van der Waals surface area contributed by atoms with E-state index in [9.17, 15) is 0 Å². The topological polar surface area (TPSA) is 47.7 Å². The third kappa shape index (κ3) is 112. The zero-order valence-electron chi connectivity index (χ0n) is 2.82. The molecule has 0 saturated heterocycles. The van der Waals surface area contributed by atoms with Gasteiger partial charge in [0.15, 0.2) is 0 Å². The zero-order chi connectivity index (χ0) is 4.00. The minimum absolute atomic E-state index is 0. The van der Waals surface area contributed by atoms with E-state index in [1.165, 1.54) is 0 Å². The number of hydrogen-bond acceptors (Lipinski definition) is 2. The van der Waals surface area contributed by atoms with Gasteiger partial charge in [0.1, 0.15) is 0 Å². The van der Waals surface area contributed by atoms with Crippen LogP contribution in [0.25, 0.3) is 0 Å². The SMILES string of the molecule is Cl.Cl.N=P.N=P. The lowest BCUT2D eigenvalue weighted by Gasteiger charge is -0.873. The molecule has 0 rings (SSSR count). The maximum absolute atomic E-state index is 5.56. The molecule has 2 nitrogen and oxygen atoms in total. The highest BCUT2D eigenvalue weighted by molar-refractivity contribution is 7.02. The van der Waals surface area contributed by atoms with Crippen molar-refractivity contribution in [2.75, 3.05) is 0 Å². The third-order valence-corrected chi connectivity index (χ3v) is 0. The molecule has 0 aliphatic rings. The van der Waals surface area contributed by atoms with Gasteiger partial charge in [-0.25, -0.2) is 0 Å². The summed E-state index contributed by atoms with van der Waals surface area (Å²) in [7, 11) is 4.44. The molecule has 0 saturated carbocycles. The molecule has 0 unspecified atom stereocenters. The quantitative estimate of drug-likeness (QED) is 0.521. The number of nitrogens with one attached hydrogen (secondary N) is 2. The summed E-state index contributed by atoms with van der Waals surface area (Å²) in [6, 6.07) is 0. The molecular formula is H6Cl2N2P2. The molecule has 6 heavy (non-hydrogen) atoms. The van der Waals surface area contributed by atoms with Crippen molar-refractivity contribution in [2.24, 2.45) is 0 Å². The molecule has 0 bridgehead atoms. The van der Waals surface area contributed by atoms with E-state index >= 15 is 0 Å². The fourth-order valence-electron chi connectivity index (χ4n) is 0. The summed E-state index contributed by atoms with van der Waals surface area (Å²) in [5, 5.41) is 11.1. The van der Waals surface area contributed by atoms with Crippen LogP contribution < -0.4 is 0 Å². The second-order valence-electron chi connectivity index (χ2n) is 0. The molecule has 2 N–H and O–H groups in total. The van der Waals surface area contributed by atoms with Gasteiger partial charge >= 0.3 is 0 Å². The Hall–Kier alpha value is 0.780. The zero-order valence-corrected chi connectivity index (χ0v) is 6.45. The summed E-state index contributed by atoms with van der Waals surface area (Å²) in [6.07, 6.45) is 0. The maximum Gasteiger partial charge on any atom is -0.0185 e. The Bertz CT molecular complexity index is 11.5. The van der Waals surface area contributed by atoms with Crippen molar-refractivity contribution >= 4 is 42.9 Å². The van der Waals surface area contributed by atoms with Crippen LogP contribution in [0, 0.1) is 10.3 Å². The van der Waals surface area contributed by atoms with Gasteiger partial charge in [-0.15, -0.1) is 24.8 Å². The Labute approximate surface area is 53.7 Å². The summed E-state index contributed by atoms with van der Waals surface area (Å²) in [5.41, 5.74) is 0. The lowest BCUT2D eigenvalue weighted by molar-refractivity contribution is 1.66. The minimum atomic E-state index is 0. The second-order valence-corrected chi connectivity index (χ2v) is 0. The Morgan fingerprint density at radius 2 is 0.667 bits per heavy atom. The highest BCUT2D eigenvalue weighted by Crippen LogP contribution is 1.28. The Morgan fingerprint density at radius 1 is 0.667 bits per heavy atom. The lowest BCUT2D eigenvalue weighted by atomic mass is 14.0. The van der Waals surface area contributed by atoms with Crippen LogP contribution in [0.5, 0.6) is 0 Å². The number of rotatable bonds is 0. The van der Waals surface area contributed by atoms with Gasteiger partial charge < -0.3 is 0 Å². The van der Waals surface area contributed by atoms with Crippen molar-refractivity contribution in [1.82, 2.24) is 0 Å². The average Bonchev–Trinajstić information content (AvgIpc) is 1.50. The number of halogens is 2. The molecule has 0 radical (unpaired) electrons. The van der Waals surface area contributed by atoms with Gasteiger partial charge in [-0.05, 0) is 18.1 Å². The molecule has 0 fully saturated rings. The van der Waals surface area contributed by atoms with Crippen LogP contribution in [-0.4, -0.2) is 0 Å². The molecule has 0 aliphatic carbocycles. The molecule has 40 valence electrons. The Kier molecular flexibility index (Phi) is 1060. The van der Waals surface area contributed by atoms with Gasteiger partial charge in [0.25, 0.3) is 0 Å². The van der Waals surface area contributed by atoms with E-state index in [0.717, 1.165) is 0 Å². The van der Waals surface area contributed by atoms with E-state index in [-0.39, 0.29) is 24.8 Å². The van der Waals surface area contributed by atoms with Crippen LogP contribution in [0.3, 0.4) is 0 Å². The van der Waals surface area contributed by atoms with E-state index in [2.05, 4.69) is 18.1 Å². The largest absolute Gasteiger partial charge is 0.287 e. The van der Waals surface area contributed by atoms with Crippen molar-refractivity contribution in [1.29, 1.82) is 10.3 Å². The highest BCUT2D eigenvalue weighted by atomic mass is 35.5. The molecule has 0 atom stereocenters. The first kappa shape index (κ1) is 29.3. The minimum Gasteiger partial charge on any atom is -0.287 e. The average molecular weight is 167 g/mol. The van der Waals surface area contributed by atoms with E-state index < -0.39 is 0 Å².